The van der Waals surface area contributed by atoms with Gasteiger partial charge in [-0.05, 0) is 36.4 Å². The summed E-state index contributed by atoms with van der Waals surface area (Å²) in [6.45, 7) is 0. The van der Waals surface area contributed by atoms with Crippen LogP contribution in [0.25, 0.3) is 0 Å². The molecule has 2 N–H and O–H groups in total. The number of rotatable bonds is 4. The van der Waals surface area contributed by atoms with Gasteiger partial charge in [-0.25, -0.2) is 14.2 Å². The van der Waals surface area contributed by atoms with Gasteiger partial charge >= 0.3 is 12.2 Å². The number of carbonyl (C=O) groups excluding carboxylic acids is 2. The van der Waals surface area contributed by atoms with E-state index in [1.165, 1.54) is 30.3 Å². The minimum absolute atomic E-state index is 0.0689. The Morgan fingerprint density at radius 1 is 1.00 bits per heavy atom. The first-order valence-corrected chi connectivity index (χ1v) is 9.37. The largest absolute Gasteiger partial charge is 0.439 e. The first-order chi connectivity index (χ1) is 15.0. The molecular formula is C20H11Cl2F4N3O3. The lowest BCUT2D eigenvalue weighted by molar-refractivity contribution is -0.137. The Morgan fingerprint density at radius 2 is 1.75 bits per heavy atom. The topological polar surface area (TPSA) is 80.3 Å². The minimum atomic E-state index is -4.66. The third-order valence-corrected chi connectivity index (χ3v) is 4.52. The number of imide groups is 1. The highest BCUT2D eigenvalue weighted by atomic mass is 35.5. The number of urea groups is 1. The molecule has 1 heterocycles. The van der Waals surface area contributed by atoms with Crippen LogP contribution in [0.3, 0.4) is 0 Å². The number of nitrogens with zero attached hydrogens (tertiary/aromatic N) is 1. The van der Waals surface area contributed by atoms with Crippen molar-refractivity contribution in [2.45, 2.75) is 6.18 Å². The van der Waals surface area contributed by atoms with Crippen LogP contribution in [0.5, 0.6) is 11.6 Å². The maximum absolute atomic E-state index is 13.7. The summed E-state index contributed by atoms with van der Waals surface area (Å²) in [6, 6.07) is 8.21. The van der Waals surface area contributed by atoms with Crippen LogP contribution in [0.1, 0.15) is 15.9 Å². The summed E-state index contributed by atoms with van der Waals surface area (Å²) in [5.41, 5.74) is -1.44. The average Bonchev–Trinajstić information content (AvgIpc) is 2.70. The number of alkyl halides is 3. The average molecular weight is 488 g/mol. The Bertz CT molecular complexity index is 1150. The van der Waals surface area contributed by atoms with Gasteiger partial charge in [0.25, 0.3) is 5.91 Å². The van der Waals surface area contributed by atoms with Gasteiger partial charge in [0.2, 0.25) is 5.88 Å². The first-order valence-electron chi connectivity index (χ1n) is 8.61. The molecule has 1 aromatic heterocycles. The van der Waals surface area contributed by atoms with Crippen LogP contribution in [0.15, 0.2) is 54.7 Å². The molecule has 0 spiro atoms. The van der Waals surface area contributed by atoms with Crippen molar-refractivity contribution in [3.63, 3.8) is 0 Å². The predicted octanol–water partition coefficient (Wildman–Crippen LogP) is 6.30. The molecule has 6 nitrogen and oxygen atoms in total. The second-order valence-corrected chi connectivity index (χ2v) is 6.95. The molecule has 166 valence electrons. The summed E-state index contributed by atoms with van der Waals surface area (Å²) in [6.07, 6.45) is -3.52. The third kappa shape index (κ3) is 5.65. The molecule has 0 fully saturated rings. The number of carbonyl (C=O) groups is 2. The Morgan fingerprint density at radius 3 is 2.38 bits per heavy atom. The molecule has 0 bridgehead atoms. The van der Waals surface area contributed by atoms with Crippen molar-refractivity contribution in [2.24, 2.45) is 0 Å². The maximum atomic E-state index is 13.7. The van der Waals surface area contributed by atoms with Crippen LogP contribution in [-0.2, 0) is 6.18 Å². The standard InChI is InChI=1S/C20H11Cl2F4N3O3/c21-13-6-5-11(8-12(13)20(24,25)26)32-16-7-4-10(9-27-16)28-19(31)29-18(30)17-14(22)2-1-3-15(17)23/h1-9H,(H2,28,29,30,31). The number of aromatic nitrogens is 1. The highest BCUT2D eigenvalue weighted by Crippen LogP contribution is 2.37. The summed E-state index contributed by atoms with van der Waals surface area (Å²) in [7, 11) is 0. The SMILES string of the molecule is O=C(NC(=O)c1c(F)cccc1Cl)Nc1ccc(Oc2ccc(Cl)c(C(F)(F)F)c2)nc1. The molecule has 32 heavy (non-hydrogen) atoms. The summed E-state index contributed by atoms with van der Waals surface area (Å²) in [4.78, 5) is 27.9. The van der Waals surface area contributed by atoms with Gasteiger partial charge in [0.15, 0.2) is 0 Å². The summed E-state index contributed by atoms with van der Waals surface area (Å²) in [5.74, 6) is -2.18. The number of hydrogen-bond donors (Lipinski definition) is 2. The monoisotopic (exact) mass is 487 g/mol. The van der Waals surface area contributed by atoms with Gasteiger partial charge in [0.05, 0.1) is 33.1 Å². The number of nitrogens with one attached hydrogen (secondary N) is 2. The van der Waals surface area contributed by atoms with E-state index in [1.807, 2.05) is 5.32 Å². The zero-order valence-electron chi connectivity index (χ0n) is 15.6. The van der Waals surface area contributed by atoms with E-state index in [4.69, 9.17) is 27.9 Å². The zero-order chi connectivity index (χ0) is 23.5. The number of hydrogen-bond acceptors (Lipinski definition) is 4. The zero-order valence-corrected chi connectivity index (χ0v) is 17.1. The van der Waals surface area contributed by atoms with Gasteiger partial charge in [-0.2, -0.15) is 13.2 Å². The highest BCUT2D eigenvalue weighted by molar-refractivity contribution is 6.34. The molecule has 2 aromatic carbocycles. The van der Waals surface area contributed by atoms with Gasteiger partial charge in [-0.1, -0.05) is 29.3 Å². The fraction of sp³-hybridized carbons (Fsp3) is 0.0500. The van der Waals surface area contributed by atoms with Crippen LogP contribution in [-0.4, -0.2) is 16.9 Å². The number of amides is 3. The van der Waals surface area contributed by atoms with E-state index in [0.29, 0.717) is 0 Å². The predicted molar refractivity (Wildman–Crippen MR) is 109 cm³/mol. The van der Waals surface area contributed by atoms with E-state index in [-0.39, 0.29) is 22.3 Å². The number of anilines is 1. The van der Waals surface area contributed by atoms with Crippen molar-refractivity contribution in [3.05, 3.63) is 81.7 Å². The maximum Gasteiger partial charge on any atom is 0.417 e. The normalized spacial score (nSPS) is 11.1. The Balaban J connectivity index is 1.64. The van der Waals surface area contributed by atoms with Crippen LogP contribution in [0.4, 0.5) is 28.0 Å². The molecule has 3 amide bonds. The fourth-order valence-electron chi connectivity index (χ4n) is 2.46. The second-order valence-electron chi connectivity index (χ2n) is 6.13. The molecule has 0 aliphatic carbocycles. The van der Waals surface area contributed by atoms with E-state index in [1.54, 1.807) is 0 Å². The molecule has 0 aliphatic heterocycles. The molecule has 12 heteroatoms. The van der Waals surface area contributed by atoms with Gasteiger partial charge < -0.3 is 10.1 Å². The third-order valence-electron chi connectivity index (χ3n) is 3.88. The van der Waals surface area contributed by atoms with Crippen molar-refractivity contribution < 1.29 is 31.9 Å². The number of ether oxygens (including phenoxy) is 1. The highest BCUT2D eigenvalue weighted by Gasteiger charge is 2.33. The second kappa shape index (κ2) is 9.41. The number of benzene rings is 2. The van der Waals surface area contributed by atoms with Crippen molar-refractivity contribution in [1.29, 1.82) is 0 Å². The van der Waals surface area contributed by atoms with Gasteiger partial charge in [0, 0.05) is 6.07 Å². The van der Waals surface area contributed by atoms with Crippen molar-refractivity contribution >= 4 is 40.8 Å². The molecule has 3 aromatic rings. The molecule has 0 radical (unpaired) electrons. The molecule has 0 aliphatic rings. The van der Waals surface area contributed by atoms with Crippen LogP contribution < -0.4 is 15.4 Å². The Labute approximate surface area is 188 Å². The van der Waals surface area contributed by atoms with Gasteiger partial charge in [0.1, 0.15) is 11.6 Å². The van der Waals surface area contributed by atoms with Crippen molar-refractivity contribution in [2.75, 3.05) is 5.32 Å². The quantitative estimate of drug-likeness (QED) is 0.423. The lowest BCUT2D eigenvalue weighted by Crippen LogP contribution is -2.35. The Hall–Kier alpha value is -3.37. The van der Waals surface area contributed by atoms with Gasteiger partial charge in [-0.15, -0.1) is 0 Å². The first kappa shape index (κ1) is 23.3. The lowest BCUT2D eigenvalue weighted by atomic mass is 10.2. The molecular weight excluding hydrogens is 477 g/mol. The minimum Gasteiger partial charge on any atom is -0.439 e. The smallest absolute Gasteiger partial charge is 0.417 e. The lowest BCUT2D eigenvalue weighted by Gasteiger charge is -2.12. The van der Waals surface area contributed by atoms with Crippen molar-refractivity contribution in [1.82, 2.24) is 10.3 Å². The van der Waals surface area contributed by atoms with E-state index >= 15 is 0 Å². The van der Waals surface area contributed by atoms with E-state index in [0.717, 1.165) is 24.4 Å². The summed E-state index contributed by atoms with van der Waals surface area (Å²) < 4.78 is 57.8. The van der Waals surface area contributed by atoms with Crippen LogP contribution >= 0.6 is 23.2 Å². The Kier molecular flexibility index (Phi) is 6.85. The molecule has 0 saturated carbocycles. The summed E-state index contributed by atoms with van der Waals surface area (Å²) in [5, 5.41) is 3.55. The fourth-order valence-corrected chi connectivity index (χ4v) is 2.94. The number of halogens is 6. The summed E-state index contributed by atoms with van der Waals surface area (Å²) >= 11 is 11.3. The van der Waals surface area contributed by atoms with Crippen LogP contribution in [0, 0.1) is 5.82 Å². The van der Waals surface area contributed by atoms with E-state index < -0.39 is 40.1 Å². The van der Waals surface area contributed by atoms with Crippen molar-refractivity contribution in [3.8, 4) is 11.6 Å². The van der Waals surface area contributed by atoms with Gasteiger partial charge in [-0.3, -0.25) is 10.1 Å². The molecule has 0 unspecified atom stereocenters. The molecule has 0 atom stereocenters. The van der Waals surface area contributed by atoms with E-state index in [9.17, 15) is 27.2 Å². The van der Waals surface area contributed by atoms with E-state index in [2.05, 4.69) is 10.3 Å². The number of pyridine rings is 1. The molecule has 3 rings (SSSR count). The molecule has 0 saturated heterocycles. The van der Waals surface area contributed by atoms with Crippen LogP contribution in [0.2, 0.25) is 10.0 Å².